The Morgan fingerprint density at radius 3 is 2.27 bits per heavy atom. The molecule has 2 aromatic carbocycles. The van der Waals surface area contributed by atoms with E-state index in [0.717, 1.165) is 11.1 Å². The molecule has 4 N–H and O–H groups in total. The summed E-state index contributed by atoms with van der Waals surface area (Å²) in [6.07, 6.45) is -1.09. The fourth-order valence-corrected chi connectivity index (χ4v) is 3.55. The maximum atomic E-state index is 12.1. The maximum Gasteiger partial charge on any atom is 0.411 e. The first kappa shape index (κ1) is 20.8. The van der Waals surface area contributed by atoms with Crippen LogP contribution in [-0.2, 0) is 9.59 Å². The highest BCUT2D eigenvalue weighted by Crippen LogP contribution is 2.38. The molecule has 1 aliphatic rings. The van der Waals surface area contributed by atoms with Crippen molar-refractivity contribution in [2.24, 2.45) is 5.73 Å². The van der Waals surface area contributed by atoms with Crippen molar-refractivity contribution in [2.75, 3.05) is 22.9 Å². The fourth-order valence-electron chi connectivity index (χ4n) is 3.55. The number of nitrogens with zero attached hydrogens (tertiary/aromatic N) is 2. The van der Waals surface area contributed by atoms with Gasteiger partial charge in [-0.15, -0.1) is 0 Å². The molecule has 0 saturated heterocycles. The number of amides is 4. The van der Waals surface area contributed by atoms with Crippen molar-refractivity contribution in [3.05, 3.63) is 48.0 Å². The standard InChI is InChI=1S/C21H22N4O5/c1-12-11-24(21(29)30)18-9-16(7-8-17(18)25(12)13(2)26)14-3-5-15(6-4-14)20(28)23-10-19(22)27/h3-9,12H,10-11H2,1-2H3,(H2,22,27)(H,23,28)(H,29,30)/t12-/m0/s1. The first-order chi connectivity index (χ1) is 14.2. The Morgan fingerprint density at radius 2 is 1.70 bits per heavy atom. The summed E-state index contributed by atoms with van der Waals surface area (Å²) in [7, 11) is 0. The number of benzene rings is 2. The van der Waals surface area contributed by atoms with Crippen molar-refractivity contribution in [2.45, 2.75) is 19.9 Å². The topological polar surface area (TPSA) is 133 Å². The molecule has 0 aliphatic carbocycles. The first-order valence-electron chi connectivity index (χ1n) is 9.30. The van der Waals surface area contributed by atoms with Gasteiger partial charge in [0.15, 0.2) is 0 Å². The van der Waals surface area contributed by atoms with Crippen molar-refractivity contribution >= 4 is 35.2 Å². The van der Waals surface area contributed by atoms with Gasteiger partial charge in [-0.25, -0.2) is 4.79 Å². The van der Waals surface area contributed by atoms with Gasteiger partial charge in [0.1, 0.15) is 0 Å². The van der Waals surface area contributed by atoms with E-state index in [1.54, 1.807) is 54.3 Å². The van der Waals surface area contributed by atoms with Crippen molar-refractivity contribution in [3.8, 4) is 11.1 Å². The number of carboxylic acid groups (broad SMARTS) is 1. The number of nitrogens with two attached hydrogens (primary N) is 1. The van der Waals surface area contributed by atoms with Crippen LogP contribution in [0.5, 0.6) is 0 Å². The lowest BCUT2D eigenvalue weighted by Crippen LogP contribution is -2.51. The molecule has 1 atom stereocenters. The quantitative estimate of drug-likeness (QED) is 0.707. The van der Waals surface area contributed by atoms with Gasteiger partial charge in [-0.3, -0.25) is 19.3 Å². The number of rotatable bonds is 4. The summed E-state index contributed by atoms with van der Waals surface area (Å²) in [5, 5.41) is 12.0. The van der Waals surface area contributed by atoms with Crippen molar-refractivity contribution in [3.63, 3.8) is 0 Å². The number of hydrogen-bond acceptors (Lipinski definition) is 4. The predicted octanol–water partition coefficient (Wildman–Crippen LogP) is 1.81. The third kappa shape index (κ3) is 4.09. The molecule has 1 aliphatic heterocycles. The molecule has 9 nitrogen and oxygen atoms in total. The Kier molecular flexibility index (Phi) is 5.72. The zero-order valence-electron chi connectivity index (χ0n) is 16.6. The SMILES string of the molecule is CC(=O)N1c2ccc(-c3ccc(C(=O)NCC(N)=O)cc3)cc2N(C(=O)O)C[C@@H]1C. The fraction of sp³-hybridized carbons (Fsp3) is 0.238. The number of hydrogen-bond donors (Lipinski definition) is 3. The van der Waals surface area contributed by atoms with E-state index in [1.165, 1.54) is 11.8 Å². The van der Waals surface area contributed by atoms with E-state index in [0.29, 0.717) is 16.9 Å². The third-order valence-electron chi connectivity index (χ3n) is 4.89. The number of nitrogens with one attached hydrogen (secondary N) is 1. The van der Waals surface area contributed by atoms with Crippen LogP contribution < -0.4 is 20.9 Å². The number of primary amides is 1. The zero-order chi connectivity index (χ0) is 22.0. The molecule has 0 bridgehead atoms. The van der Waals surface area contributed by atoms with E-state index in [-0.39, 0.29) is 25.0 Å². The van der Waals surface area contributed by atoms with Gasteiger partial charge in [0.2, 0.25) is 11.8 Å². The van der Waals surface area contributed by atoms with Crippen LogP contribution in [-0.4, -0.2) is 48.1 Å². The molecule has 1 heterocycles. The van der Waals surface area contributed by atoms with Crippen molar-refractivity contribution in [1.82, 2.24) is 5.32 Å². The molecule has 156 valence electrons. The minimum Gasteiger partial charge on any atom is -0.465 e. The van der Waals surface area contributed by atoms with Crippen LogP contribution in [0.15, 0.2) is 42.5 Å². The molecule has 0 aromatic heterocycles. The number of carbonyl (C=O) groups is 4. The Balaban J connectivity index is 1.94. The van der Waals surface area contributed by atoms with E-state index >= 15 is 0 Å². The van der Waals surface area contributed by atoms with Gasteiger partial charge in [-0.1, -0.05) is 18.2 Å². The van der Waals surface area contributed by atoms with E-state index in [1.807, 2.05) is 0 Å². The summed E-state index contributed by atoms with van der Waals surface area (Å²) in [5.41, 5.74) is 7.85. The second kappa shape index (κ2) is 8.24. The van der Waals surface area contributed by atoms with Gasteiger partial charge in [0, 0.05) is 19.0 Å². The van der Waals surface area contributed by atoms with Gasteiger partial charge in [-0.05, 0) is 42.3 Å². The molecule has 0 saturated carbocycles. The van der Waals surface area contributed by atoms with Crippen LogP contribution in [0.1, 0.15) is 24.2 Å². The highest BCUT2D eigenvalue weighted by atomic mass is 16.4. The predicted molar refractivity (Wildman–Crippen MR) is 111 cm³/mol. The normalized spacial score (nSPS) is 15.3. The van der Waals surface area contributed by atoms with Crippen LogP contribution >= 0.6 is 0 Å². The highest BCUT2D eigenvalue weighted by Gasteiger charge is 2.33. The lowest BCUT2D eigenvalue weighted by Gasteiger charge is -2.39. The number of anilines is 2. The molecule has 3 rings (SSSR count). The average molecular weight is 410 g/mol. The molecule has 0 spiro atoms. The Hall–Kier alpha value is -3.88. The van der Waals surface area contributed by atoms with Gasteiger partial charge in [-0.2, -0.15) is 0 Å². The number of carbonyl (C=O) groups excluding carboxylic acids is 3. The zero-order valence-corrected chi connectivity index (χ0v) is 16.6. The second-order valence-corrected chi connectivity index (χ2v) is 7.06. The lowest BCUT2D eigenvalue weighted by molar-refractivity contribution is -0.117. The first-order valence-corrected chi connectivity index (χ1v) is 9.30. The van der Waals surface area contributed by atoms with Crippen molar-refractivity contribution < 1.29 is 24.3 Å². The molecule has 0 radical (unpaired) electrons. The molecule has 30 heavy (non-hydrogen) atoms. The van der Waals surface area contributed by atoms with Gasteiger partial charge < -0.3 is 21.1 Å². The summed E-state index contributed by atoms with van der Waals surface area (Å²) < 4.78 is 0. The smallest absolute Gasteiger partial charge is 0.411 e. The average Bonchev–Trinajstić information content (AvgIpc) is 2.70. The van der Waals surface area contributed by atoms with Gasteiger partial charge in [0.25, 0.3) is 5.91 Å². The Labute approximate surface area is 173 Å². The minimum atomic E-state index is -1.09. The monoisotopic (exact) mass is 410 g/mol. The summed E-state index contributed by atoms with van der Waals surface area (Å²) in [6.45, 7) is 3.18. The Bertz CT molecular complexity index is 1020. The Morgan fingerprint density at radius 1 is 1.07 bits per heavy atom. The van der Waals surface area contributed by atoms with E-state index < -0.39 is 17.9 Å². The number of fused-ring (bicyclic) bond motifs is 1. The van der Waals surface area contributed by atoms with Crippen LogP contribution in [0.25, 0.3) is 11.1 Å². The molecule has 0 fully saturated rings. The van der Waals surface area contributed by atoms with E-state index in [9.17, 15) is 24.3 Å². The molecule has 2 aromatic rings. The van der Waals surface area contributed by atoms with Gasteiger partial charge >= 0.3 is 6.09 Å². The molecule has 9 heteroatoms. The highest BCUT2D eigenvalue weighted by molar-refractivity contribution is 6.03. The maximum absolute atomic E-state index is 12.1. The van der Waals surface area contributed by atoms with Gasteiger partial charge in [0.05, 0.1) is 24.0 Å². The molecule has 0 unspecified atom stereocenters. The van der Waals surface area contributed by atoms with Crippen LogP contribution in [0.3, 0.4) is 0 Å². The van der Waals surface area contributed by atoms with Crippen molar-refractivity contribution in [1.29, 1.82) is 0 Å². The molecular weight excluding hydrogens is 388 g/mol. The largest absolute Gasteiger partial charge is 0.465 e. The molecular formula is C21H22N4O5. The third-order valence-corrected chi connectivity index (χ3v) is 4.89. The summed E-state index contributed by atoms with van der Waals surface area (Å²) >= 11 is 0. The van der Waals surface area contributed by atoms with E-state index in [2.05, 4.69) is 5.32 Å². The van der Waals surface area contributed by atoms with Crippen LogP contribution in [0.2, 0.25) is 0 Å². The summed E-state index contributed by atoms with van der Waals surface area (Å²) in [4.78, 5) is 49.5. The summed E-state index contributed by atoms with van der Waals surface area (Å²) in [6, 6.07) is 11.6. The minimum absolute atomic E-state index is 0.159. The second-order valence-electron chi connectivity index (χ2n) is 7.06. The lowest BCUT2D eigenvalue weighted by atomic mass is 9.99. The van der Waals surface area contributed by atoms with Crippen LogP contribution in [0.4, 0.5) is 16.2 Å². The summed E-state index contributed by atoms with van der Waals surface area (Å²) in [5.74, 6) is -1.22. The van der Waals surface area contributed by atoms with E-state index in [4.69, 9.17) is 5.73 Å². The van der Waals surface area contributed by atoms with Crippen LogP contribution in [0, 0.1) is 0 Å². The molecule has 4 amide bonds.